The Bertz CT molecular complexity index is 1040. The van der Waals surface area contributed by atoms with E-state index in [0.717, 1.165) is 42.6 Å². The first-order chi connectivity index (χ1) is 15.7. The van der Waals surface area contributed by atoms with Gasteiger partial charge in [-0.25, -0.2) is 4.98 Å². The maximum Gasteiger partial charge on any atom is 0.222 e. The number of carbonyl (C=O) groups excluding carboxylic acids is 2. The normalized spacial score (nSPS) is 13.6. The molecule has 3 heterocycles. The van der Waals surface area contributed by atoms with Crippen LogP contribution in [0.15, 0.2) is 67.0 Å². The zero-order valence-corrected chi connectivity index (χ0v) is 18.0. The lowest BCUT2D eigenvalue weighted by molar-refractivity contribution is -0.133. The van der Waals surface area contributed by atoms with Crippen molar-refractivity contribution in [1.82, 2.24) is 14.9 Å². The number of nitrogens with zero attached hydrogens (tertiary/aromatic N) is 4. The molecule has 164 valence electrons. The summed E-state index contributed by atoms with van der Waals surface area (Å²) in [5.41, 5.74) is 3.43. The number of piperidine rings is 1. The van der Waals surface area contributed by atoms with E-state index < -0.39 is 0 Å². The molecular weight excluding hydrogens is 402 g/mol. The van der Waals surface area contributed by atoms with Crippen LogP contribution in [0, 0.1) is 0 Å². The number of aromatic nitrogens is 2. The molecular formula is C25H27N5O2. The summed E-state index contributed by atoms with van der Waals surface area (Å²) in [4.78, 5) is 36.6. The summed E-state index contributed by atoms with van der Waals surface area (Å²) in [5.74, 6) is 0.821. The highest BCUT2D eigenvalue weighted by atomic mass is 16.2. The predicted octanol–water partition coefficient (Wildman–Crippen LogP) is 3.73. The van der Waals surface area contributed by atoms with Crippen LogP contribution < -0.4 is 10.2 Å². The number of anilines is 2. The van der Waals surface area contributed by atoms with E-state index in [0.29, 0.717) is 37.6 Å². The van der Waals surface area contributed by atoms with Gasteiger partial charge in [0.25, 0.3) is 0 Å². The van der Waals surface area contributed by atoms with E-state index in [1.54, 1.807) is 17.3 Å². The van der Waals surface area contributed by atoms with Crippen molar-refractivity contribution in [3.05, 3.63) is 72.6 Å². The molecule has 0 aliphatic carbocycles. The summed E-state index contributed by atoms with van der Waals surface area (Å²) in [6.45, 7) is 2.36. The maximum absolute atomic E-state index is 12.1. The Kier molecular flexibility index (Phi) is 7.07. The second kappa shape index (κ2) is 10.5. The van der Waals surface area contributed by atoms with Crippen molar-refractivity contribution < 1.29 is 9.59 Å². The first kappa shape index (κ1) is 21.5. The van der Waals surface area contributed by atoms with E-state index in [9.17, 15) is 9.59 Å². The monoisotopic (exact) mass is 429 g/mol. The number of hydrogen-bond donors (Lipinski definition) is 1. The Morgan fingerprint density at radius 3 is 2.69 bits per heavy atom. The highest BCUT2D eigenvalue weighted by Gasteiger charge is 2.18. The van der Waals surface area contributed by atoms with Crippen LogP contribution in [0.1, 0.15) is 24.8 Å². The number of likely N-dealkylation sites (tertiary alicyclic amines) is 1. The van der Waals surface area contributed by atoms with Gasteiger partial charge in [0.2, 0.25) is 12.3 Å². The second-order valence-corrected chi connectivity index (χ2v) is 7.79. The van der Waals surface area contributed by atoms with Crippen LogP contribution in [0.5, 0.6) is 0 Å². The fourth-order valence-electron chi connectivity index (χ4n) is 3.86. The van der Waals surface area contributed by atoms with Gasteiger partial charge in [-0.1, -0.05) is 36.4 Å². The van der Waals surface area contributed by atoms with Crippen molar-refractivity contribution in [2.24, 2.45) is 0 Å². The minimum Gasteiger partial charge on any atom is -0.367 e. The summed E-state index contributed by atoms with van der Waals surface area (Å²) in [6, 6.07) is 17.5. The zero-order valence-electron chi connectivity index (χ0n) is 18.0. The highest BCUT2D eigenvalue weighted by Crippen LogP contribution is 2.28. The summed E-state index contributed by atoms with van der Waals surface area (Å²) in [7, 11) is 0. The summed E-state index contributed by atoms with van der Waals surface area (Å²) >= 11 is 0. The Morgan fingerprint density at radius 1 is 1.06 bits per heavy atom. The molecule has 2 amide bonds. The number of carbonyl (C=O) groups is 2. The molecule has 3 aromatic rings. The van der Waals surface area contributed by atoms with E-state index in [1.165, 1.54) is 0 Å². The second-order valence-electron chi connectivity index (χ2n) is 7.79. The Hall–Kier alpha value is -3.74. The molecule has 1 aromatic carbocycles. The third-order valence-corrected chi connectivity index (χ3v) is 5.55. The maximum atomic E-state index is 12.1. The van der Waals surface area contributed by atoms with Crippen LogP contribution in [-0.4, -0.2) is 46.8 Å². The molecule has 1 aliphatic rings. The summed E-state index contributed by atoms with van der Waals surface area (Å²) < 4.78 is 0. The molecule has 0 saturated carbocycles. The van der Waals surface area contributed by atoms with Crippen molar-refractivity contribution in [3.8, 4) is 11.3 Å². The SMILES string of the molecule is O=CN(Cc1cccnc1)c1ccc(-c2ccccc2)nc1NCCN1CCCCC1=O. The van der Waals surface area contributed by atoms with Gasteiger partial charge >= 0.3 is 0 Å². The lowest BCUT2D eigenvalue weighted by Crippen LogP contribution is -2.38. The van der Waals surface area contributed by atoms with Crippen LogP contribution in [-0.2, 0) is 16.1 Å². The van der Waals surface area contributed by atoms with Crippen molar-refractivity contribution in [2.75, 3.05) is 29.9 Å². The predicted molar refractivity (Wildman–Crippen MR) is 125 cm³/mol. The van der Waals surface area contributed by atoms with E-state index in [1.807, 2.05) is 59.5 Å². The average Bonchev–Trinajstić information content (AvgIpc) is 2.85. The number of nitrogens with one attached hydrogen (secondary N) is 1. The van der Waals surface area contributed by atoms with Crippen LogP contribution in [0.4, 0.5) is 11.5 Å². The van der Waals surface area contributed by atoms with E-state index in [4.69, 9.17) is 4.98 Å². The molecule has 1 aliphatic heterocycles. The van der Waals surface area contributed by atoms with Gasteiger partial charge in [-0.15, -0.1) is 0 Å². The van der Waals surface area contributed by atoms with Gasteiger partial charge in [0.05, 0.1) is 17.9 Å². The van der Waals surface area contributed by atoms with Crippen molar-refractivity contribution >= 4 is 23.8 Å². The molecule has 0 radical (unpaired) electrons. The third kappa shape index (κ3) is 5.29. The molecule has 4 rings (SSSR count). The minimum atomic E-state index is 0.204. The van der Waals surface area contributed by atoms with Gasteiger partial charge in [-0.2, -0.15) is 0 Å². The number of amides is 2. The van der Waals surface area contributed by atoms with Crippen molar-refractivity contribution in [3.63, 3.8) is 0 Å². The molecule has 0 atom stereocenters. The van der Waals surface area contributed by atoms with Crippen LogP contribution in [0.3, 0.4) is 0 Å². The van der Waals surface area contributed by atoms with Crippen molar-refractivity contribution in [2.45, 2.75) is 25.8 Å². The van der Waals surface area contributed by atoms with Crippen molar-refractivity contribution in [1.29, 1.82) is 0 Å². The Balaban J connectivity index is 1.57. The molecule has 7 nitrogen and oxygen atoms in total. The molecule has 1 saturated heterocycles. The van der Waals surface area contributed by atoms with Crippen LogP contribution in [0.2, 0.25) is 0 Å². The molecule has 7 heteroatoms. The number of hydrogen-bond acceptors (Lipinski definition) is 5. The topological polar surface area (TPSA) is 78.4 Å². The number of pyridine rings is 2. The van der Waals surface area contributed by atoms with E-state index in [-0.39, 0.29) is 5.91 Å². The molecule has 0 unspecified atom stereocenters. The molecule has 0 spiro atoms. The molecule has 0 bridgehead atoms. The van der Waals surface area contributed by atoms with Gasteiger partial charge in [0, 0.05) is 44.0 Å². The standard InChI is InChI=1S/C25H27N5O2/c31-19-30(18-20-7-6-13-26-17-20)23-12-11-22(21-8-2-1-3-9-21)28-25(23)27-14-16-29-15-5-4-10-24(29)32/h1-3,6-9,11-13,17,19H,4-5,10,14-16,18H2,(H,27,28). The van der Waals surface area contributed by atoms with E-state index in [2.05, 4.69) is 10.3 Å². The fraction of sp³-hybridized carbons (Fsp3) is 0.280. The lowest BCUT2D eigenvalue weighted by atomic mass is 10.1. The first-order valence-corrected chi connectivity index (χ1v) is 10.9. The summed E-state index contributed by atoms with van der Waals surface area (Å²) in [5, 5.41) is 3.37. The molecule has 1 N–H and O–H groups in total. The van der Waals surface area contributed by atoms with Crippen LogP contribution in [0.25, 0.3) is 11.3 Å². The Labute approximate surface area is 188 Å². The van der Waals surface area contributed by atoms with Gasteiger partial charge in [0.15, 0.2) is 5.82 Å². The highest BCUT2D eigenvalue weighted by molar-refractivity contribution is 5.83. The smallest absolute Gasteiger partial charge is 0.222 e. The first-order valence-electron chi connectivity index (χ1n) is 10.9. The fourth-order valence-corrected chi connectivity index (χ4v) is 3.86. The lowest BCUT2D eigenvalue weighted by Gasteiger charge is -2.27. The molecule has 1 fully saturated rings. The number of benzene rings is 1. The van der Waals surface area contributed by atoms with E-state index >= 15 is 0 Å². The quantitative estimate of drug-likeness (QED) is 0.525. The van der Waals surface area contributed by atoms with Gasteiger partial charge in [0.1, 0.15) is 0 Å². The third-order valence-electron chi connectivity index (χ3n) is 5.55. The van der Waals surface area contributed by atoms with Gasteiger partial charge in [-0.3, -0.25) is 14.6 Å². The zero-order chi connectivity index (χ0) is 22.2. The minimum absolute atomic E-state index is 0.204. The number of rotatable bonds is 9. The average molecular weight is 430 g/mol. The largest absolute Gasteiger partial charge is 0.367 e. The molecule has 2 aromatic heterocycles. The molecule has 32 heavy (non-hydrogen) atoms. The Morgan fingerprint density at radius 2 is 1.94 bits per heavy atom. The summed E-state index contributed by atoms with van der Waals surface area (Å²) in [6.07, 6.45) is 6.90. The van der Waals surface area contributed by atoms with Gasteiger partial charge in [-0.05, 0) is 36.6 Å². The van der Waals surface area contributed by atoms with Crippen LogP contribution >= 0.6 is 0 Å². The van der Waals surface area contributed by atoms with Gasteiger partial charge < -0.3 is 15.1 Å².